The van der Waals surface area contributed by atoms with E-state index in [0.29, 0.717) is 19.4 Å². The topological polar surface area (TPSA) is 84.9 Å². The van der Waals surface area contributed by atoms with E-state index in [2.05, 4.69) is 5.32 Å². The minimum atomic E-state index is -0.699. The summed E-state index contributed by atoms with van der Waals surface area (Å²) in [5.41, 5.74) is 0.234. The van der Waals surface area contributed by atoms with Crippen molar-refractivity contribution in [1.29, 1.82) is 0 Å². The average Bonchev–Trinajstić information content (AvgIpc) is 2.97. The van der Waals surface area contributed by atoms with Crippen molar-refractivity contribution in [3.05, 3.63) is 35.9 Å². The molecule has 7 nitrogen and oxygen atoms in total. The molecule has 1 heterocycles. The van der Waals surface area contributed by atoms with E-state index in [1.807, 2.05) is 44.2 Å². The first-order chi connectivity index (χ1) is 13.6. The molecule has 0 aromatic heterocycles. The molecular weight excluding hydrogens is 372 g/mol. The van der Waals surface area contributed by atoms with Crippen molar-refractivity contribution >= 4 is 18.0 Å². The van der Waals surface area contributed by atoms with Gasteiger partial charge in [0.25, 0.3) is 0 Å². The number of likely N-dealkylation sites (tertiary alicyclic amines) is 1. The number of carbonyl (C=O) groups is 3. The van der Waals surface area contributed by atoms with Gasteiger partial charge in [0.05, 0.1) is 0 Å². The predicted octanol–water partition coefficient (Wildman–Crippen LogP) is 3.27. The Morgan fingerprint density at radius 1 is 1.21 bits per heavy atom. The molecule has 2 amide bonds. The minimum absolute atomic E-state index is 0.130. The van der Waals surface area contributed by atoms with Crippen molar-refractivity contribution in [2.75, 3.05) is 6.54 Å². The lowest BCUT2D eigenvalue weighted by Crippen LogP contribution is -2.49. The SMILES string of the molecule is CC(C)C[C@@H](C(=O)OC(C)(C)C)N1CC[C@H](NC(=O)OCc2ccccc2)C1=O. The lowest BCUT2D eigenvalue weighted by Gasteiger charge is -2.31. The van der Waals surface area contributed by atoms with Gasteiger partial charge in [0.1, 0.15) is 24.3 Å². The Balaban J connectivity index is 1.96. The van der Waals surface area contributed by atoms with Crippen LogP contribution in [-0.4, -0.2) is 47.1 Å². The monoisotopic (exact) mass is 404 g/mol. The second kappa shape index (κ2) is 9.76. The van der Waals surface area contributed by atoms with Crippen LogP contribution < -0.4 is 5.32 Å². The first-order valence-electron chi connectivity index (χ1n) is 10.1. The van der Waals surface area contributed by atoms with Gasteiger partial charge in [0.2, 0.25) is 5.91 Å². The maximum Gasteiger partial charge on any atom is 0.408 e. The minimum Gasteiger partial charge on any atom is -0.458 e. The molecule has 1 saturated heterocycles. The van der Waals surface area contributed by atoms with E-state index in [0.717, 1.165) is 5.56 Å². The molecule has 0 saturated carbocycles. The fraction of sp³-hybridized carbons (Fsp3) is 0.591. The molecule has 1 aliphatic rings. The van der Waals surface area contributed by atoms with Gasteiger partial charge >= 0.3 is 12.1 Å². The Morgan fingerprint density at radius 2 is 1.86 bits per heavy atom. The molecule has 1 aromatic rings. The van der Waals surface area contributed by atoms with Crippen LogP contribution in [0.25, 0.3) is 0 Å². The zero-order valence-electron chi connectivity index (χ0n) is 17.9. The highest BCUT2D eigenvalue weighted by molar-refractivity contribution is 5.91. The second-order valence-electron chi connectivity index (χ2n) is 8.76. The fourth-order valence-corrected chi connectivity index (χ4v) is 3.22. The third-order valence-electron chi connectivity index (χ3n) is 4.49. The van der Waals surface area contributed by atoms with Crippen molar-refractivity contribution in [3.63, 3.8) is 0 Å². The molecule has 160 valence electrons. The lowest BCUT2D eigenvalue weighted by molar-refractivity contribution is -0.164. The quantitative estimate of drug-likeness (QED) is 0.705. The molecule has 0 radical (unpaired) electrons. The molecule has 2 atom stereocenters. The number of esters is 1. The van der Waals surface area contributed by atoms with E-state index < -0.39 is 29.7 Å². The van der Waals surface area contributed by atoms with Gasteiger partial charge in [-0.1, -0.05) is 44.2 Å². The van der Waals surface area contributed by atoms with Crippen LogP contribution >= 0.6 is 0 Å². The van der Waals surface area contributed by atoms with Crippen molar-refractivity contribution < 1.29 is 23.9 Å². The van der Waals surface area contributed by atoms with E-state index in [1.165, 1.54) is 4.90 Å². The Bertz CT molecular complexity index is 712. The first-order valence-corrected chi connectivity index (χ1v) is 10.1. The van der Waals surface area contributed by atoms with Crippen LogP contribution in [0.1, 0.15) is 53.0 Å². The van der Waals surface area contributed by atoms with Crippen LogP contribution in [0.15, 0.2) is 30.3 Å². The number of alkyl carbamates (subject to hydrolysis) is 1. The van der Waals surface area contributed by atoms with Gasteiger partial charge in [0, 0.05) is 6.54 Å². The zero-order valence-corrected chi connectivity index (χ0v) is 17.9. The van der Waals surface area contributed by atoms with E-state index in [1.54, 1.807) is 20.8 Å². The Hall–Kier alpha value is -2.57. The number of hydrogen-bond acceptors (Lipinski definition) is 5. The summed E-state index contributed by atoms with van der Waals surface area (Å²) in [5.74, 6) is -0.479. The van der Waals surface area contributed by atoms with Crippen molar-refractivity contribution in [3.8, 4) is 0 Å². The van der Waals surface area contributed by atoms with E-state index in [4.69, 9.17) is 9.47 Å². The van der Waals surface area contributed by atoms with Crippen LogP contribution in [0, 0.1) is 5.92 Å². The molecule has 0 unspecified atom stereocenters. The molecule has 0 spiro atoms. The van der Waals surface area contributed by atoms with Gasteiger partial charge in [0.15, 0.2) is 0 Å². The average molecular weight is 405 g/mol. The number of nitrogens with zero attached hydrogens (tertiary/aromatic N) is 1. The van der Waals surface area contributed by atoms with E-state index in [-0.39, 0.29) is 18.4 Å². The molecular formula is C22H32N2O5. The number of hydrogen-bond donors (Lipinski definition) is 1. The normalized spacial score (nSPS) is 17.9. The molecule has 2 rings (SSSR count). The molecule has 1 fully saturated rings. The van der Waals surface area contributed by atoms with E-state index >= 15 is 0 Å². The second-order valence-corrected chi connectivity index (χ2v) is 8.76. The Morgan fingerprint density at radius 3 is 2.45 bits per heavy atom. The van der Waals surface area contributed by atoms with Crippen LogP contribution in [0.3, 0.4) is 0 Å². The van der Waals surface area contributed by atoms with Gasteiger partial charge in [-0.15, -0.1) is 0 Å². The molecule has 0 aliphatic carbocycles. The summed E-state index contributed by atoms with van der Waals surface area (Å²) in [6, 6.07) is 7.96. The van der Waals surface area contributed by atoms with Gasteiger partial charge in [-0.25, -0.2) is 9.59 Å². The Labute approximate surface area is 172 Å². The van der Waals surface area contributed by atoms with Gasteiger partial charge in [-0.05, 0) is 45.1 Å². The van der Waals surface area contributed by atoms with Crippen molar-refractivity contribution in [2.24, 2.45) is 5.92 Å². The molecule has 29 heavy (non-hydrogen) atoms. The number of carbonyl (C=O) groups excluding carboxylic acids is 3. The third-order valence-corrected chi connectivity index (χ3v) is 4.49. The molecule has 0 bridgehead atoms. The number of benzene rings is 1. The number of ether oxygens (including phenoxy) is 2. The van der Waals surface area contributed by atoms with E-state index in [9.17, 15) is 14.4 Å². The highest BCUT2D eigenvalue weighted by atomic mass is 16.6. The number of rotatable bonds is 7. The van der Waals surface area contributed by atoms with Gasteiger partial charge < -0.3 is 19.7 Å². The summed E-state index contributed by atoms with van der Waals surface area (Å²) in [6.07, 6.45) is 0.286. The highest BCUT2D eigenvalue weighted by Crippen LogP contribution is 2.23. The summed E-state index contributed by atoms with van der Waals surface area (Å²) in [5, 5.41) is 2.62. The molecule has 7 heteroatoms. The molecule has 1 aliphatic heterocycles. The van der Waals surface area contributed by atoms with Crippen LogP contribution in [0.2, 0.25) is 0 Å². The summed E-state index contributed by atoms with van der Waals surface area (Å²) >= 11 is 0. The first kappa shape index (κ1) is 22.7. The smallest absolute Gasteiger partial charge is 0.408 e. The maximum atomic E-state index is 12.9. The highest BCUT2D eigenvalue weighted by Gasteiger charge is 2.41. The van der Waals surface area contributed by atoms with Crippen LogP contribution in [0.4, 0.5) is 4.79 Å². The van der Waals surface area contributed by atoms with Crippen molar-refractivity contribution in [2.45, 2.75) is 71.8 Å². The summed E-state index contributed by atoms with van der Waals surface area (Å²) < 4.78 is 10.7. The zero-order chi connectivity index (χ0) is 21.6. The largest absolute Gasteiger partial charge is 0.458 e. The predicted molar refractivity (Wildman–Crippen MR) is 109 cm³/mol. The standard InChI is InChI=1S/C22H32N2O5/c1-15(2)13-18(20(26)29-22(3,4)5)24-12-11-17(19(24)25)23-21(27)28-14-16-9-7-6-8-10-16/h6-10,15,17-18H,11-14H2,1-5H3,(H,23,27)/t17-,18-/m0/s1. The van der Waals surface area contributed by atoms with Crippen LogP contribution in [0.5, 0.6) is 0 Å². The molecule has 1 N–H and O–H groups in total. The maximum absolute atomic E-state index is 12.9. The Kier molecular flexibility index (Phi) is 7.65. The number of nitrogens with one attached hydrogen (secondary N) is 1. The van der Waals surface area contributed by atoms with Gasteiger partial charge in [-0.3, -0.25) is 4.79 Å². The van der Waals surface area contributed by atoms with Gasteiger partial charge in [-0.2, -0.15) is 0 Å². The summed E-state index contributed by atoms with van der Waals surface area (Å²) in [6.45, 7) is 9.91. The fourth-order valence-electron chi connectivity index (χ4n) is 3.22. The third kappa shape index (κ3) is 7.07. The summed E-state index contributed by atoms with van der Waals surface area (Å²) in [4.78, 5) is 39.2. The number of amides is 2. The summed E-state index contributed by atoms with van der Waals surface area (Å²) in [7, 11) is 0. The van der Waals surface area contributed by atoms with Crippen molar-refractivity contribution in [1.82, 2.24) is 10.2 Å². The molecule has 1 aromatic carbocycles. The van der Waals surface area contributed by atoms with Crippen LogP contribution in [-0.2, 0) is 25.7 Å². The lowest BCUT2D eigenvalue weighted by atomic mass is 10.0.